The fourth-order valence-corrected chi connectivity index (χ4v) is 3.44. The summed E-state index contributed by atoms with van der Waals surface area (Å²) < 4.78 is 53.8. The molecule has 33 heavy (non-hydrogen) atoms. The quantitative estimate of drug-likeness (QED) is 0.389. The zero-order valence-corrected chi connectivity index (χ0v) is 20.0. The molecule has 0 unspecified atom stereocenters. The first kappa shape index (κ1) is 25.8. The van der Waals surface area contributed by atoms with E-state index in [1.807, 2.05) is 0 Å². The average molecular weight is 482 g/mol. The summed E-state index contributed by atoms with van der Waals surface area (Å²) >= 11 is 0. The van der Waals surface area contributed by atoms with Gasteiger partial charge < -0.3 is 28.8 Å². The van der Waals surface area contributed by atoms with Gasteiger partial charge in [-0.05, 0) is 32.1 Å². The molecule has 0 bridgehead atoms. The number of ether oxygens (including phenoxy) is 5. The molecule has 0 aromatic heterocycles. The van der Waals surface area contributed by atoms with Gasteiger partial charge in [-0.25, -0.2) is 13.2 Å². The molecule has 0 spiro atoms. The van der Waals surface area contributed by atoms with Gasteiger partial charge in [0.2, 0.25) is 0 Å². The number of hydrogen-bond acceptors (Lipinski definition) is 9. The topological polar surface area (TPSA) is 130 Å². The number of esters is 1. The zero-order valence-electron chi connectivity index (χ0n) is 19.2. The van der Waals surface area contributed by atoms with Crippen LogP contribution in [0.15, 0.2) is 35.7 Å². The number of nitrogens with one attached hydrogen (secondary N) is 1. The lowest BCUT2D eigenvalue weighted by molar-refractivity contribution is -0.151. The number of benzene rings is 2. The Bertz CT molecular complexity index is 1110. The highest BCUT2D eigenvalue weighted by Gasteiger charge is 2.27. The van der Waals surface area contributed by atoms with Gasteiger partial charge in [-0.15, -0.1) is 0 Å². The highest BCUT2D eigenvalue weighted by atomic mass is 32.2. The maximum Gasteiger partial charge on any atom is 0.343 e. The highest BCUT2D eigenvalue weighted by Crippen LogP contribution is 2.35. The molecule has 0 aliphatic rings. The largest absolute Gasteiger partial charge is 0.496 e. The number of carbonyl (C=O) groups excluding carboxylic acids is 1. The standard InChI is InChI=1S/C22H27NO9S/c1-22(2,25)21(24)32-20-11-14(7-8-17(20)29-4)23-33(26,27)10-9-16-18(30-5)12-15(28-3)13-19(16)31-6/h7-13,23,25H,1-6H3. The Balaban J connectivity index is 2.34. The van der Waals surface area contributed by atoms with Crippen molar-refractivity contribution in [1.29, 1.82) is 0 Å². The maximum atomic E-state index is 12.7. The number of aliphatic hydroxyl groups is 1. The molecule has 10 nitrogen and oxygen atoms in total. The SMILES string of the molecule is COc1cc(OC)c(C=CS(=O)(=O)Nc2ccc(OC)c(OC(=O)C(C)(C)O)c2)c(OC)c1. The molecule has 0 aliphatic heterocycles. The van der Waals surface area contributed by atoms with Gasteiger partial charge in [0.05, 0.1) is 45.1 Å². The second kappa shape index (κ2) is 10.5. The van der Waals surface area contributed by atoms with Gasteiger partial charge in [0, 0.05) is 18.2 Å². The van der Waals surface area contributed by atoms with Crippen molar-refractivity contribution in [2.75, 3.05) is 33.2 Å². The summed E-state index contributed by atoms with van der Waals surface area (Å²) in [6, 6.07) is 7.30. The van der Waals surface area contributed by atoms with E-state index in [0.717, 1.165) is 5.41 Å². The van der Waals surface area contributed by atoms with E-state index in [2.05, 4.69) is 4.72 Å². The molecule has 2 aromatic rings. The highest BCUT2D eigenvalue weighted by molar-refractivity contribution is 7.95. The number of rotatable bonds is 10. The summed E-state index contributed by atoms with van der Waals surface area (Å²) in [5.74, 6) is 0.365. The van der Waals surface area contributed by atoms with Crippen molar-refractivity contribution in [3.05, 3.63) is 41.3 Å². The molecular formula is C22H27NO9S. The van der Waals surface area contributed by atoms with Crippen LogP contribution in [-0.4, -0.2) is 53.5 Å². The number of anilines is 1. The Kier molecular flexibility index (Phi) is 8.18. The van der Waals surface area contributed by atoms with Crippen molar-refractivity contribution in [2.24, 2.45) is 0 Å². The van der Waals surface area contributed by atoms with Crippen LogP contribution in [0.25, 0.3) is 6.08 Å². The number of hydrogen-bond donors (Lipinski definition) is 2. The molecule has 0 saturated heterocycles. The molecule has 2 aromatic carbocycles. The van der Waals surface area contributed by atoms with Crippen molar-refractivity contribution in [3.8, 4) is 28.7 Å². The third-order valence-corrected chi connectivity index (χ3v) is 5.31. The van der Waals surface area contributed by atoms with E-state index in [-0.39, 0.29) is 17.2 Å². The van der Waals surface area contributed by atoms with Crippen LogP contribution >= 0.6 is 0 Å². The van der Waals surface area contributed by atoms with Crippen molar-refractivity contribution in [2.45, 2.75) is 19.4 Å². The summed E-state index contributed by atoms with van der Waals surface area (Å²) in [7, 11) is 1.72. The van der Waals surface area contributed by atoms with E-state index in [1.165, 1.54) is 66.6 Å². The molecule has 0 amide bonds. The molecule has 0 aliphatic carbocycles. The molecule has 180 valence electrons. The first-order valence-corrected chi connectivity index (χ1v) is 11.1. The Hall–Kier alpha value is -3.44. The fraction of sp³-hybridized carbons (Fsp3) is 0.318. The molecule has 11 heteroatoms. The molecule has 0 atom stereocenters. The van der Waals surface area contributed by atoms with Crippen LogP contribution in [0, 0.1) is 0 Å². The summed E-state index contributed by atoms with van der Waals surface area (Å²) in [4.78, 5) is 12.0. The van der Waals surface area contributed by atoms with Gasteiger partial charge in [-0.3, -0.25) is 4.72 Å². The van der Waals surface area contributed by atoms with E-state index in [1.54, 1.807) is 12.1 Å². The van der Waals surface area contributed by atoms with Crippen molar-refractivity contribution < 1.29 is 42.0 Å². The molecule has 0 radical (unpaired) electrons. The molecule has 0 heterocycles. The van der Waals surface area contributed by atoms with Gasteiger partial charge >= 0.3 is 5.97 Å². The van der Waals surface area contributed by atoms with Gasteiger partial charge in [-0.1, -0.05) is 0 Å². The smallest absolute Gasteiger partial charge is 0.343 e. The maximum absolute atomic E-state index is 12.7. The van der Waals surface area contributed by atoms with Crippen LogP contribution in [0.1, 0.15) is 19.4 Å². The van der Waals surface area contributed by atoms with E-state index in [9.17, 15) is 18.3 Å². The molecule has 0 saturated carbocycles. The van der Waals surface area contributed by atoms with Gasteiger partial charge in [0.25, 0.3) is 10.0 Å². The monoisotopic (exact) mass is 481 g/mol. The number of methoxy groups -OCH3 is 4. The summed E-state index contributed by atoms with van der Waals surface area (Å²) in [6.45, 7) is 2.53. The van der Waals surface area contributed by atoms with Gasteiger partial charge in [0.1, 0.15) is 17.2 Å². The van der Waals surface area contributed by atoms with Crippen molar-refractivity contribution in [3.63, 3.8) is 0 Å². The molecule has 2 N–H and O–H groups in total. The number of carbonyl (C=O) groups is 1. The minimum Gasteiger partial charge on any atom is -0.496 e. The predicted octanol–water partition coefficient (Wildman–Crippen LogP) is 2.81. The fourth-order valence-electron chi connectivity index (χ4n) is 2.60. The van der Waals surface area contributed by atoms with E-state index < -0.39 is 21.6 Å². The van der Waals surface area contributed by atoms with Crippen LogP contribution in [0.2, 0.25) is 0 Å². The molecule has 0 fully saturated rings. The van der Waals surface area contributed by atoms with Crippen LogP contribution in [0.5, 0.6) is 28.7 Å². The van der Waals surface area contributed by atoms with Gasteiger partial charge in [-0.2, -0.15) is 0 Å². The lowest BCUT2D eigenvalue weighted by Crippen LogP contribution is -2.35. The zero-order chi connectivity index (χ0) is 24.8. The summed E-state index contributed by atoms with van der Waals surface area (Å²) in [5.41, 5.74) is -1.26. The number of sulfonamides is 1. The lowest BCUT2D eigenvalue weighted by Gasteiger charge is -2.17. The third-order valence-electron chi connectivity index (χ3n) is 4.29. The summed E-state index contributed by atoms with van der Waals surface area (Å²) in [5, 5.41) is 10.7. The third kappa shape index (κ3) is 6.77. The first-order chi connectivity index (χ1) is 15.4. The lowest BCUT2D eigenvalue weighted by atomic mass is 10.1. The van der Waals surface area contributed by atoms with Crippen LogP contribution in [0.3, 0.4) is 0 Å². The van der Waals surface area contributed by atoms with Crippen LogP contribution in [-0.2, 0) is 14.8 Å². The Morgan fingerprint density at radius 3 is 1.97 bits per heavy atom. The van der Waals surface area contributed by atoms with Crippen LogP contribution in [0.4, 0.5) is 5.69 Å². The van der Waals surface area contributed by atoms with Crippen LogP contribution < -0.4 is 28.4 Å². The second-order valence-electron chi connectivity index (χ2n) is 7.21. The Morgan fingerprint density at radius 1 is 0.909 bits per heavy atom. The van der Waals surface area contributed by atoms with E-state index >= 15 is 0 Å². The Morgan fingerprint density at radius 2 is 1.48 bits per heavy atom. The van der Waals surface area contributed by atoms with Gasteiger partial charge in [0.15, 0.2) is 17.1 Å². The normalized spacial score (nSPS) is 11.7. The first-order valence-electron chi connectivity index (χ1n) is 9.57. The van der Waals surface area contributed by atoms with Crippen molar-refractivity contribution in [1.82, 2.24) is 0 Å². The predicted molar refractivity (Wildman–Crippen MR) is 123 cm³/mol. The van der Waals surface area contributed by atoms with Crippen molar-refractivity contribution >= 4 is 27.8 Å². The van der Waals surface area contributed by atoms with E-state index in [0.29, 0.717) is 22.8 Å². The summed E-state index contributed by atoms with van der Waals surface area (Å²) in [6.07, 6.45) is 1.32. The second-order valence-corrected chi connectivity index (χ2v) is 8.78. The Labute approximate surface area is 192 Å². The molecular weight excluding hydrogens is 454 g/mol. The minimum absolute atomic E-state index is 0.0627. The van der Waals surface area contributed by atoms with E-state index in [4.69, 9.17) is 23.7 Å². The minimum atomic E-state index is -4.00. The average Bonchev–Trinajstić information content (AvgIpc) is 2.76. The molecule has 2 rings (SSSR count).